The van der Waals surface area contributed by atoms with E-state index in [4.69, 9.17) is 0 Å². The summed E-state index contributed by atoms with van der Waals surface area (Å²) in [5, 5.41) is 6.78. The van der Waals surface area contributed by atoms with Crippen molar-refractivity contribution >= 4 is 27.3 Å². The first-order chi connectivity index (χ1) is 16.1. The molecule has 1 aliphatic rings. The van der Waals surface area contributed by atoms with Gasteiger partial charge in [-0.05, 0) is 68.1 Å². The zero-order valence-electron chi connectivity index (χ0n) is 20.3. The van der Waals surface area contributed by atoms with Crippen molar-refractivity contribution in [2.24, 2.45) is 7.05 Å². The Morgan fingerprint density at radius 3 is 2.26 bits per heavy atom. The summed E-state index contributed by atoms with van der Waals surface area (Å²) in [6, 6.07) is 11.9. The van der Waals surface area contributed by atoms with E-state index in [2.05, 4.69) is 41.3 Å². The molecule has 1 saturated heterocycles. The second kappa shape index (κ2) is 9.23. The number of piperazine rings is 1. The first-order valence-corrected chi connectivity index (χ1v) is 12.7. The summed E-state index contributed by atoms with van der Waals surface area (Å²) in [6.07, 6.45) is 1.46. The average Bonchev–Trinajstić information content (AvgIpc) is 3.18. The number of rotatable bonds is 5. The lowest BCUT2D eigenvalue weighted by atomic mass is 10.1. The first-order valence-electron chi connectivity index (χ1n) is 11.3. The highest BCUT2D eigenvalue weighted by molar-refractivity contribution is 7.89. The van der Waals surface area contributed by atoms with Crippen LogP contribution in [0.25, 0.3) is 0 Å². The monoisotopic (exact) mass is 481 g/mol. The number of aromatic nitrogens is 2. The Bertz CT molecular complexity index is 1320. The third-order valence-electron chi connectivity index (χ3n) is 6.26. The van der Waals surface area contributed by atoms with Gasteiger partial charge in [0, 0.05) is 50.8 Å². The number of hydrogen-bond acceptors (Lipinski definition) is 5. The van der Waals surface area contributed by atoms with Gasteiger partial charge in [-0.25, -0.2) is 8.42 Å². The SMILES string of the molecule is Cc1cc(C)cc(NC(=O)c2cn(C)nc2S(=O)(=O)N2CCN(c3cccc(C)c3C)CC2)c1. The fourth-order valence-electron chi connectivity index (χ4n) is 4.43. The lowest BCUT2D eigenvalue weighted by Crippen LogP contribution is -2.49. The number of sulfonamides is 1. The van der Waals surface area contributed by atoms with Gasteiger partial charge in [0.25, 0.3) is 15.9 Å². The van der Waals surface area contributed by atoms with E-state index in [1.165, 1.54) is 26.3 Å². The Hall–Kier alpha value is -3.17. The van der Waals surface area contributed by atoms with E-state index >= 15 is 0 Å². The molecule has 1 aliphatic heterocycles. The third kappa shape index (κ3) is 4.71. The van der Waals surface area contributed by atoms with E-state index in [1.807, 2.05) is 38.1 Å². The molecule has 9 heteroatoms. The van der Waals surface area contributed by atoms with Crippen LogP contribution in [0.2, 0.25) is 0 Å². The lowest BCUT2D eigenvalue weighted by molar-refractivity contribution is 0.102. The van der Waals surface area contributed by atoms with E-state index in [0.717, 1.165) is 16.8 Å². The highest BCUT2D eigenvalue weighted by atomic mass is 32.2. The summed E-state index contributed by atoms with van der Waals surface area (Å²) in [4.78, 5) is 15.3. The number of nitrogens with one attached hydrogen (secondary N) is 1. The molecule has 2 aromatic carbocycles. The summed E-state index contributed by atoms with van der Waals surface area (Å²) in [5.74, 6) is -0.495. The largest absolute Gasteiger partial charge is 0.369 e. The number of hydrogen-bond donors (Lipinski definition) is 1. The number of carbonyl (C=O) groups is 1. The second-order valence-electron chi connectivity index (χ2n) is 8.96. The van der Waals surface area contributed by atoms with Crippen molar-refractivity contribution in [2.75, 3.05) is 36.4 Å². The van der Waals surface area contributed by atoms with Crippen LogP contribution in [0, 0.1) is 27.7 Å². The number of anilines is 2. The minimum Gasteiger partial charge on any atom is -0.369 e. The van der Waals surface area contributed by atoms with E-state index in [9.17, 15) is 13.2 Å². The van der Waals surface area contributed by atoms with Crippen molar-refractivity contribution in [3.05, 3.63) is 70.4 Å². The predicted octanol–water partition coefficient (Wildman–Crippen LogP) is 3.42. The molecule has 180 valence electrons. The van der Waals surface area contributed by atoms with Crippen molar-refractivity contribution < 1.29 is 13.2 Å². The smallest absolute Gasteiger partial charge is 0.263 e. The van der Waals surface area contributed by atoms with Crippen LogP contribution >= 0.6 is 0 Å². The minimum absolute atomic E-state index is 0.0404. The van der Waals surface area contributed by atoms with Crippen LogP contribution in [-0.2, 0) is 17.1 Å². The van der Waals surface area contributed by atoms with Crippen molar-refractivity contribution in [1.29, 1.82) is 0 Å². The van der Waals surface area contributed by atoms with Crippen LogP contribution in [0.4, 0.5) is 11.4 Å². The molecule has 0 bridgehead atoms. The van der Waals surface area contributed by atoms with Gasteiger partial charge in [0.05, 0.1) is 5.56 Å². The van der Waals surface area contributed by atoms with Crippen molar-refractivity contribution in [1.82, 2.24) is 14.1 Å². The summed E-state index contributed by atoms with van der Waals surface area (Å²) >= 11 is 0. The molecule has 1 fully saturated rings. The third-order valence-corrected chi connectivity index (χ3v) is 8.09. The maximum absolute atomic E-state index is 13.5. The quantitative estimate of drug-likeness (QED) is 0.603. The second-order valence-corrected chi connectivity index (χ2v) is 10.8. The highest BCUT2D eigenvalue weighted by Crippen LogP contribution is 2.26. The molecule has 0 unspecified atom stereocenters. The van der Waals surface area contributed by atoms with Gasteiger partial charge in [-0.1, -0.05) is 18.2 Å². The Labute approximate surface area is 201 Å². The Morgan fingerprint density at radius 1 is 0.971 bits per heavy atom. The van der Waals surface area contributed by atoms with Gasteiger partial charge < -0.3 is 10.2 Å². The molecular formula is C25H31N5O3S. The van der Waals surface area contributed by atoms with Crippen LogP contribution in [0.15, 0.2) is 47.6 Å². The van der Waals surface area contributed by atoms with Gasteiger partial charge in [0.2, 0.25) is 5.03 Å². The van der Waals surface area contributed by atoms with Crippen LogP contribution in [-0.4, -0.2) is 54.6 Å². The summed E-state index contributed by atoms with van der Waals surface area (Å²) in [5.41, 5.74) is 6.22. The molecule has 34 heavy (non-hydrogen) atoms. The average molecular weight is 482 g/mol. The van der Waals surface area contributed by atoms with E-state index in [0.29, 0.717) is 31.9 Å². The number of benzene rings is 2. The number of aryl methyl sites for hydroxylation is 4. The van der Waals surface area contributed by atoms with Gasteiger partial charge in [0.15, 0.2) is 0 Å². The highest BCUT2D eigenvalue weighted by Gasteiger charge is 2.34. The molecule has 4 rings (SSSR count). The molecule has 1 N–H and O–H groups in total. The summed E-state index contributed by atoms with van der Waals surface area (Å²) in [6.45, 7) is 9.84. The molecule has 0 aliphatic carbocycles. The molecular weight excluding hydrogens is 450 g/mol. The molecule has 0 radical (unpaired) electrons. The molecule has 1 aromatic heterocycles. The fourth-order valence-corrected chi connectivity index (χ4v) is 5.97. The topological polar surface area (TPSA) is 87.5 Å². The van der Waals surface area contributed by atoms with E-state index < -0.39 is 15.9 Å². The Balaban J connectivity index is 1.54. The normalized spacial score (nSPS) is 14.9. The zero-order valence-corrected chi connectivity index (χ0v) is 21.1. The molecule has 8 nitrogen and oxygen atoms in total. The zero-order chi connectivity index (χ0) is 24.6. The van der Waals surface area contributed by atoms with Crippen LogP contribution in [0.3, 0.4) is 0 Å². The van der Waals surface area contributed by atoms with Gasteiger partial charge in [-0.3, -0.25) is 9.48 Å². The summed E-state index contributed by atoms with van der Waals surface area (Å²) < 4.78 is 29.8. The number of amides is 1. The fraction of sp³-hybridized carbons (Fsp3) is 0.360. The first kappa shape index (κ1) is 24.0. The van der Waals surface area contributed by atoms with E-state index in [-0.39, 0.29) is 10.6 Å². The minimum atomic E-state index is -3.94. The van der Waals surface area contributed by atoms with Crippen molar-refractivity contribution in [2.45, 2.75) is 32.7 Å². The molecule has 3 aromatic rings. The molecule has 0 atom stereocenters. The van der Waals surface area contributed by atoms with E-state index in [1.54, 1.807) is 7.05 Å². The molecule has 0 spiro atoms. The van der Waals surface area contributed by atoms with Gasteiger partial charge in [-0.2, -0.15) is 9.40 Å². The van der Waals surface area contributed by atoms with Crippen LogP contribution in [0.5, 0.6) is 0 Å². The maximum Gasteiger partial charge on any atom is 0.263 e. The van der Waals surface area contributed by atoms with Crippen molar-refractivity contribution in [3.63, 3.8) is 0 Å². The summed E-state index contributed by atoms with van der Waals surface area (Å²) in [7, 11) is -2.32. The Kier molecular flexibility index (Phi) is 6.51. The van der Waals surface area contributed by atoms with Crippen LogP contribution in [0.1, 0.15) is 32.6 Å². The number of carbonyl (C=O) groups excluding carboxylic acids is 1. The van der Waals surface area contributed by atoms with Crippen LogP contribution < -0.4 is 10.2 Å². The molecule has 0 saturated carbocycles. The Morgan fingerprint density at radius 2 is 1.62 bits per heavy atom. The van der Waals surface area contributed by atoms with Gasteiger partial charge in [0.1, 0.15) is 0 Å². The number of nitrogens with zero attached hydrogens (tertiary/aromatic N) is 4. The lowest BCUT2D eigenvalue weighted by Gasteiger charge is -2.36. The molecule has 1 amide bonds. The standard InChI is InChI=1S/C25H31N5O3S/c1-17-13-18(2)15-21(14-17)26-24(31)22-16-28(5)27-25(22)34(32,33)30-11-9-29(10-12-30)23-8-6-7-19(3)20(23)4/h6-8,13-16H,9-12H2,1-5H3,(H,26,31). The van der Waals surface area contributed by atoms with Gasteiger partial charge >= 0.3 is 0 Å². The van der Waals surface area contributed by atoms with Crippen molar-refractivity contribution in [3.8, 4) is 0 Å². The molecule has 2 heterocycles. The van der Waals surface area contributed by atoms with Gasteiger partial charge in [-0.15, -0.1) is 0 Å². The maximum atomic E-state index is 13.5. The predicted molar refractivity (Wildman–Crippen MR) is 134 cm³/mol.